The summed E-state index contributed by atoms with van der Waals surface area (Å²) >= 11 is 0. The molecule has 0 rings (SSSR count). The number of hydrogen-bond acceptors (Lipinski definition) is 2. The van der Waals surface area contributed by atoms with Crippen LogP contribution >= 0.6 is 0 Å². The Morgan fingerprint density at radius 3 is 3.00 bits per heavy atom. The predicted molar refractivity (Wildman–Crippen MR) is 48.7 cm³/mol. The Kier molecular flexibility index (Phi) is 7.03. The number of rotatable bonds is 5. The zero-order valence-corrected chi connectivity index (χ0v) is 7.38. The topological polar surface area (TPSA) is 38.3 Å². The van der Waals surface area contributed by atoms with Crippen LogP contribution in [0.5, 0.6) is 0 Å². The van der Waals surface area contributed by atoms with Gasteiger partial charge < -0.3 is 4.74 Å². The van der Waals surface area contributed by atoms with Gasteiger partial charge in [-0.2, -0.15) is 0 Å². The molecule has 0 heterocycles. The Morgan fingerprint density at radius 2 is 2.42 bits per heavy atom. The van der Waals surface area contributed by atoms with Gasteiger partial charge in [0.25, 0.3) is 0 Å². The van der Waals surface area contributed by atoms with Crippen LogP contribution in [0.1, 0.15) is 19.8 Å². The monoisotopic (exact) mass is 169 g/mol. The summed E-state index contributed by atoms with van der Waals surface area (Å²) < 4.78 is 4.79. The highest BCUT2D eigenvalue weighted by Gasteiger charge is 1.95. The molecule has 0 aromatic rings. The molecule has 0 unspecified atom stereocenters. The van der Waals surface area contributed by atoms with Gasteiger partial charge in [0, 0.05) is 6.20 Å². The number of alkyl carbamates (subject to hydrolysis) is 1. The van der Waals surface area contributed by atoms with E-state index in [2.05, 4.69) is 11.9 Å². The molecule has 12 heavy (non-hydrogen) atoms. The molecule has 0 saturated carbocycles. The quantitative estimate of drug-likeness (QED) is 0.506. The normalized spacial score (nSPS) is 9.75. The number of allylic oxidation sites excluding steroid dienone is 2. The molecule has 3 heteroatoms. The first-order chi connectivity index (χ1) is 5.81. The summed E-state index contributed by atoms with van der Waals surface area (Å²) in [6, 6.07) is 0. The average Bonchev–Trinajstić information content (AvgIpc) is 2.06. The molecule has 0 aromatic carbocycles. The fourth-order valence-electron chi connectivity index (χ4n) is 0.535. The van der Waals surface area contributed by atoms with Crippen LogP contribution in [0.4, 0.5) is 4.79 Å². The van der Waals surface area contributed by atoms with Crippen molar-refractivity contribution in [1.29, 1.82) is 0 Å². The van der Waals surface area contributed by atoms with E-state index < -0.39 is 6.09 Å². The van der Waals surface area contributed by atoms with Gasteiger partial charge in [-0.1, -0.05) is 26.0 Å². The van der Waals surface area contributed by atoms with Crippen molar-refractivity contribution in [1.82, 2.24) is 5.32 Å². The van der Waals surface area contributed by atoms with Crippen molar-refractivity contribution in [2.75, 3.05) is 6.61 Å². The highest BCUT2D eigenvalue weighted by atomic mass is 16.5. The van der Waals surface area contributed by atoms with Crippen LogP contribution in [-0.4, -0.2) is 12.7 Å². The van der Waals surface area contributed by atoms with Gasteiger partial charge in [-0.3, -0.25) is 5.32 Å². The molecule has 0 radical (unpaired) electrons. The molecule has 68 valence electrons. The first kappa shape index (κ1) is 10.8. The van der Waals surface area contributed by atoms with Crippen molar-refractivity contribution in [3.63, 3.8) is 0 Å². The van der Waals surface area contributed by atoms with Gasteiger partial charge in [0.1, 0.15) is 0 Å². The highest BCUT2D eigenvalue weighted by Crippen LogP contribution is 1.87. The third-order valence-corrected chi connectivity index (χ3v) is 1.16. The maximum absolute atomic E-state index is 10.8. The number of unbranched alkanes of at least 4 members (excludes halogenated alkanes) is 1. The lowest BCUT2D eigenvalue weighted by molar-refractivity contribution is 0.148. The Hall–Kier alpha value is -1.25. The van der Waals surface area contributed by atoms with E-state index in [0.29, 0.717) is 6.61 Å². The van der Waals surface area contributed by atoms with Crippen molar-refractivity contribution in [3.05, 3.63) is 24.9 Å². The van der Waals surface area contributed by atoms with E-state index in [0.717, 1.165) is 12.8 Å². The minimum absolute atomic E-state index is 0.415. The van der Waals surface area contributed by atoms with Gasteiger partial charge in [-0.25, -0.2) is 4.79 Å². The van der Waals surface area contributed by atoms with Gasteiger partial charge in [0.15, 0.2) is 0 Å². The van der Waals surface area contributed by atoms with Crippen molar-refractivity contribution in [2.45, 2.75) is 19.8 Å². The maximum atomic E-state index is 10.8. The number of hydrogen-bond donors (Lipinski definition) is 1. The highest BCUT2D eigenvalue weighted by molar-refractivity contribution is 5.68. The number of carbonyl (C=O) groups is 1. The Balaban J connectivity index is 3.33. The number of carbonyl (C=O) groups excluding carboxylic acids is 1. The lowest BCUT2D eigenvalue weighted by Gasteiger charge is -2.01. The van der Waals surface area contributed by atoms with Gasteiger partial charge in [0.2, 0.25) is 0 Å². The lowest BCUT2D eigenvalue weighted by Crippen LogP contribution is -2.18. The second kappa shape index (κ2) is 7.85. The first-order valence-corrected chi connectivity index (χ1v) is 4.02. The standard InChI is InChI=1S/C9H15NO2/c1-3-5-7-10-9(11)12-8-6-4-2/h3,5,7H,1,4,6,8H2,2H3,(H,10,11)/b7-5+. The summed E-state index contributed by atoms with van der Waals surface area (Å²) in [6.45, 7) is 5.97. The summed E-state index contributed by atoms with van der Waals surface area (Å²) in [5.41, 5.74) is 0. The summed E-state index contributed by atoms with van der Waals surface area (Å²) in [4.78, 5) is 10.8. The summed E-state index contributed by atoms with van der Waals surface area (Å²) in [7, 11) is 0. The fourth-order valence-corrected chi connectivity index (χ4v) is 0.535. The van der Waals surface area contributed by atoms with Crippen LogP contribution in [0, 0.1) is 0 Å². The van der Waals surface area contributed by atoms with Crippen LogP contribution in [0.25, 0.3) is 0 Å². The molecule has 0 spiro atoms. The van der Waals surface area contributed by atoms with E-state index in [1.54, 1.807) is 12.2 Å². The maximum Gasteiger partial charge on any atom is 0.411 e. The Bertz CT molecular complexity index is 164. The largest absolute Gasteiger partial charge is 0.449 e. The third kappa shape index (κ3) is 6.86. The molecular weight excluding hydrogens is 154 g/mol. The minimum Gasteiger partial charge on any atom is -0.449 e. The molecule has 0 atom stereocenters. The van der Waals surface area contributed by atoms with Crippen molar-refractivity contribution < 1.29 is 9.53 Å². The molecule has 0 bridgehead atoms. The van der Waals surface area contributed by atoms with E-state index in [1.165, 1.54) is 6.20 Å². The first-order valence-electron chi connectivity index (χ1n) is 4.02. The molecule has 0 saturated heterocycles. The van der Waals surface area contributed by atoms with Crippen molar-refractivity contribution in [3.8, 4) is 0 Å². The summed E-state index contributed by atoms with van der Waals surface area (Å²) in [5, 5.41) is 2.43. The molecule has 0 aliphatic heterocycles. The van der Waals surface area contributed by atoms with Gasteiger partial charge >= 0.3 is 6.09 Å². The fraction of sp³-hybridized carbons (Fsp3) is 0.444. The Labute approximate surface area is 73.1 Å². The minimum atomic E-state index is -0.415. The SMILES string of the molecule is C=C/C=C/NC(=O)OCCCC. The number of ether oxygens (including phenoxy) is 1. The van der Waals surface area contributed by atoms with E-state index in [9.17, 15) is 4.79 Å². The average molecular weight is 169 g/mol. The third-order valence-electron chi connectivity index (χ3n) is 1.16. The van der Waals surface area contributed by atoms with Crippen molar-refractivity contribution in [2.24, 2.45) is 0 Å². The van der Waals surface area contributed by atoms with E-state index in [4.69, 9.17) is 4.74 Å². The second-order valence-corrected chi connectivity index (χ2v) is 2.23. The van der Waals surface area contributed by atoms with Gasteiger partial charge in [-0.05, 0) is 12.5 Å². The van der Waals surface area contributed by atoms with E-state index in [1.807, 2.05) is 6.92 Å². The number of amides is 1. The molecule has 3 nitrogen and oxygen atoms in total. The van der Waals surface area contributed by atoms with Gasteiger partial charge in [-0.15, -0.1) is 0 Å². The van der Waals surface area contributed by atoms with Crippen molar-refractivity contribution >= 4 is 6.09 Å². The van der Waals surface area contributed by atoms with E-state index >= 15 is 0 Å². The van der Waals surface area contributed by atoms with Gasteiger partial charge in [0.05, 0.1) is 6.61 Å². The second-order valence-electron chi connectivity index (χ2n) is 2.23. The van der Waals surface area contributed by atoms with Crippen LogP contribution in [0.3, 0.4) is 0 Å². The molecule has 0 aliphatic rings. The lowest BCUT2D eigenvalue weighted by atomic mass is 10.4. The molecule has 1 amide bonds. The zero-order chi connectivity index (χ0) is 9.23. The van der Waals surface area contributed by atoms with Crippen LogP contribution in [-0.2, 0) is 4.74 Å². The van der Waals surface area contributed by atoms with Crippen LogP contribution in [0.15, 0.2) is 24.9 Å². The smallest absolute Gasteiger partial charge is 0.411 e. The zero-order valence-electron chi connectivity index (χ0n) is 7.38. The predicted octanol–water partition coefficient (Wildman–Crippen LogP) is 2.21. The molecule has 0 aromatic heterocycles. The molecule has 0 aliphatic carbocycles. The Morgan fingerprint density at radius 1 is 1.67 bits per heavy atom. The summed E-state index contributed by atoms with van der Waals surface area (Å²) in [5.74, 6) is 0. The van der Waals surface area contributed by atoms with Crippen LogP contribution < -0.4 is 5.32 Å². The summed E-state index contributed by atoms with van der Waals surface area (Å²) in [6.07, 6.45) is 6.20. The number of nitrogens with one attached hydrogen (secondary N) is 1. The molecular formula is C9H15NO2. The van der Waals surface area contributed by atoms with E-state index in [-0.39, 0.29) is 0 Å². The molecule has 0 fully saturated rings. The molecule has 1 N–H and O–H groups in total. The van der Waals surface area contributed by atoms with Crippen LogP contribution in [0.2, 0.25) is 0 Å².